The van der Waals surface area contributed by atoms with Crippen molar-refractivity contribution in [1.82, 2.24) is 4.90 Å². The molecule has 5 nitrogen and oxygen atoms in total. The third-order valence-corrected chi connectivity index (χ3v) is 5.61. The summed E-state index contributed by atoms with van der Waals surface area (Å²) in [5.74, 6) is -0.182. The van der Waals surface area contributed by atoms with Crippen LogP contribution in [-0.4, -0.2) is 23.3 Å². The van der Waals surface area contributed by atoms with Crippen molar-refractivity contribution in [3.8, 4) is 6.07 Å². The summed E-state index contributed by atoms with van der Waals surface area (Å²) in [5.41, 5.74) is 4.01. The first-order chi connectivity index (χ1) is 11.9. The molecule has 2 amide bonds. The van der Waals surface area contributed by atoms with Gasteiger partial charge in [0.05, 0.1) is 12.1 Å². The van der Waals surface area contributed by atoms with Gasteiger partial charge in [-0.15, -0.1) is 11.3 Å². The number of fused-ring (bicyclic) bond motifs is 1. The van der Waals surface area contributed by atoms with Crippen LogP contribution in [0.5, 0.6) is 0 Å². The summed E-state index contributed by atoms with van der Waals surface area (Å²) in [6.45, 7) is 6.50. The van der Waals surface area contributed by atoms with E-state index in [0.29, 0.717) is 35.6 Å². The van der Waals surface area contributed by atoms with Crippen molar-refractivity contribution in [3.05, 3.63) is 50.9 Å². The molecule has 0 aliphatic carbocycles. The smallest absolute Gasteiger partial charge is 0.256 e. The molecule has 0 atom stereocenters. The van der Waals surface area contributed by atoms with E-state index in [1.807, 2.05) is 32.0 Å². The van der Waals surface area contributed by atoms with Gasteiger partial charge in [0, 0.05) is 23.9 Å². The summed E-state index contributed by atoms with van der Waals surface area (Å²) in [6.07, 6.45) is 0.646. The summed E-state index contributed by atoms with van der Waals surface area (Å²) in [5, 5.41) is 13.0. The number of carbonyl (C=O) groups is 2. The molecule has 128 valence electrons. The highest BCUT2D eigenvalue weighted by molar-refractivity contribution is 7.16. The predicted molar refractivity (Wildman–Crippen MR) is 97.7 cm³/mol. The van der Waals surface area contributed by atoms with Crippen molar-refractivity contribution >= 4 is 28.2 Å². The molecule has 1 N–H and O–H groups in total. The summed E-state index contributed by atoms with van der Waals surface area (Å²) in [4.78, 5) is 27.0. The van der Waals surface area contributed by atoms with E-state index < -0.39 is 0 Å². The lowest BCUT2D eigenvalue weighted by Crippen LogP contribution is -2.33. The van der Waals surface area contributed by atoms with Crippen molar-refractivity contribution in [1.29, 1.82) is 5.26 Å². The molecule has 1 aliphatic heterocycles. The Kier molecular flexibility index (Phi) is 4.60. The Morgan fingerprint density at radius 1 is 1.32 bits per heavy atom. The molecule has 2 heterocycles. The van der Waals surface area contributed by atoms with Gasteiger partial charge in [0.1, 0.15) is 11.1 Å². The fraction of sp³-hybridized carbons (Fsp3) is 0.316. The maximum Gasteiger partial charge on any atom is 0.256 e. The number of hydrogen-bond donors (Lipinski definition) is 1. The number of benzene rings is 1. The van der Waals surface area contributed by atoms with E-state index >= 15 is 0 Å². The van der Waals surface area contributed by atoms with Crippen molar-refractivity contribution in [2.75, 3.05) is 11.9 Å². The van der Waals surface area contributed by atoms with E-state index in [9.17, 15) is 14.9 Å². The van der Waals surface area contributed by atoms with Crippen LogP contribution >= 0.6 is 11.3 Å². The van der Waals surface area contributed by atoms with Crippen LogP contribution in [0.25, 0.3) is 0 Å². The molecule has 1 aromatic heterocycles. The zero-order valence-corrected chi connectivity index (χ0v) is 15.3. The third kappa shape index (κ3) is 3.28. The molecule has 1 aromatic carbocycles. The van der Waals surface area contributed by atoms with Gasteiger partial charge in [-0.1, -0.05) is 17.7 Å². The molecule has 25 heavy (non-hydrogen) atoms. The highest BCUT2D eigenvalue weighted by Crippen LogP contribution is 2.37. The number of aryl methyl sites for hydroxylation is 2. The monoisotopic (exact) mass is 353 g/mol. The SMILES string of the molecule is CC(=O)N1CCc2c(sc(NC(=O)c3cc(C)ccc3C)c2C#N)C1. The van der Waals surface area contributed by atoms with Crippen molar-refractivity contribution < 1.29 is 9.59 Å². The highest BCUT2D eigenvalue weighted by Gasteiger charge is 2.26. The van der Waals surface area contributed by atoms with Crippen LogP contribution in [0.4, 0.5) is 5.00 Å². The third-order valence-electron chi connectivity index (χ3n) is 4.48. The maximum atomic E-state index is 12.7. The first-order valence-corrected chi connectivity index (χ1v) is 8.91. The van der Waals surface area contributed by atoms with E-state index in [-0.39, 0.29) is 11.8 Å². The number of nitriles is 1. The molecule has 0 radical (unpaired) electrons. The molecular formula is C19H19N3O2S. The molecule has 0 spiro atoms. The van der Waals surface area contributed by atoms with Crippen LogP contribution in [0.3, 0.4) is 0 Å². The van der Waals surface area contributed by atoms with E-state index in [1.165, 1.54) is 11.3 Å². The number of hydrogen-bond acceptors (Lipinski definition) is 4. The molecule has 6 heteroatoms. The molecule has 1 aliphatic rings. The van der Waals surface area contributed by atoms with Gasteiger partial charge in [-0.2, -0.15) is 5.26 Å². The zero-order valence-electron chi connectivity index (χ0n) is 14.5. The largest absolute Gasteiger partial charge is 0.337 e. The van der Waals surface area contributed by atoms with Crippen molar-refractivity contribution in [2.24, 2.45) is 0 Å². The van der Waals surface area contributed by atoms with Gasteiger partial charge < -0.3 is 10.2 Å². The van der Waals surface area contributed by atoms with E-state index in [4.69, 9.17) is 0 Å². The van der Waals surface area contributed by atoms with Crippen molar-refractivity contribution in [2.45, 2.75) is 33.7 Å². The second-order valence-corrected chi connectivity index (χ2v) is 7.39. The van der Waals surface area contributed by atoms with Crippen LogP contribution in [0.1, 0.15) is 44.4 Å². The van der Waals surface area contributed by atoms with Gasteiger partial charge in [-0.3, -0.25) is 9.59 Å². The molecule has 0 fully saturated rings. The van der Waals surface area contributed by atoms with E-state index in [2.05, 4.69) is 11.4 Å². The Morgan fingerprint density at radius 2 is 2.08 bits per heavy atom. The van der Waals surface area contributed by atoms with Crippen LogP contribution in [0.15, 0.2) is 18.2 Å². The number of thiophene rings is 1. The number of amides is 2. The molecule has 0 bridgehead atoms. The van der Waals surface area contributed by atoms with Crippen LogP contribution in [-0.2, 0) is 17.8 Å². The van der Waals surface area contributed by atoms with E-state index in [0.717, 1.165) is 21.6 Å². The van der Waals surface area contributed by atoms with Crippen LogP contribution < -0.4 is 5.32 Å². The summed E-state index contributed by atoms with van der Waals surface area (Å²) < 4.78 is 0. The van der Waals surface area contributed by atoms with Crippen LogP contribution in [0, 0.1) is 25.2 Å². The van der Waals surface area contributed by atoms with Gasteiger partial charge in [-0.05, 0) is 37.5 Å². The van der Waals surface area contributed by atoms with Gasteiger partial charge in [0.15, 0.2) is 0 Å². The van der Waals surface area contributed by atoms with Gasteiger partial charge in [-0.25, -0.2) is 0 Å². The number of carbonyl (C=O) groups excluding carboxylic acids is 2. The predicted octanol–water partition coefficient (Wildman–Crippen LogP) is 3.39. The lowest BCUT2D eigenvalue weighted by atomic mass is 10.0. The Morgan fingerprint density at radius 3 is 2.76 bits per heavy atom. The maximum absolute atomic E-state index is 12.7. The Hall–Kier alpha value is -2.65. The van der Waals surface area contributed by atoms with Gasteiger partial charge >= 0.3 is 0 Å². The highest BCUT2D eigenvalue weighted by atomic mass is 32.1. The molecule has 0 saturated heterocycles. The minimum atomic E-state index is -0.209. The lowest BCUT2D eigenvalue weighted by molar-refractivity contribution is -0.129. The van der Waals surface area contributed by atoms with Crippen molar-refractivity contribution in [3.63, 3.8) is 0 Å². The van der Waals surface area contributed by atoms with Crippen LogP contribution in [0.2, 0.25) is 0 Å². The van der Waals surface area contributed by atoms with Gasteiger partial charge in [0.2, 0.25) is 5.91 Å². The minimum absolute atomic E-state index is 0.0264. The zero-order chi connectivity index (χ0) is 18.1. The Balaban J connectivity index is 1.91. The molecule has 3 rings (SSSR count). The number of anilines is 1. The molecule has 0 saturated carbocycles. The average Bonchev–Trinajstić information content (AvgIpc) is 2.92. The second-order valence-electron chi connectivity index (χ2n) is 6.28. The Labute approximate surface area is 150 Å². The number of nitrogens with zero attached hydrogens (tertiary/aromatic N) is 2. The first-order valence-electron chi connectivity index (χ1n) is 8.09. The lowest BCUT2D eigenvalue weighted by Gasteiger charge is -2.25. The number of rotatable bonds is 2. The number of nitrogens with one attached hydrogen (secondary N) is 1. The minimum Gasteiger partial charge on any atom is -0.337 e. The fourth-order valence-electron chi connectivity index (χ4n) is 3.03. The average molecular weight is 353 g/mol. The summed E-state index contributed by atoms with van der Waals surface area (Å²) in [6, 6.07) is 7.95. The normalized spacial score (nSPS) is 13.1. The first kappa shape index (κ1) is 17.2. The Bertz CT molecular complexity index is 908. The summed E-state index contributed by atoms with van der Waals surface area (Å²) >= 11 is 1.39. The fourth-order valence-corrected chi connectivity index (χ4v) is 4.24. The quantitative estimate of drug-likeness (QED) is 0.899. The second kappa shape index (κ2) is 6.69. The standard InChI is InChI=1S/C19H19N3O2S/c1-11-4-5-12(2)15(8-11)18(24)21-19-16(9-20)14-6-7-22(13(3)23)10-17(14)25-19/h4-5,8H,6-7,10H2,1-3H3,(H,21,24). The summed E-state index contributed by atoms with van der Waals surface area (Å²) in [7, 11) is 0. The van der Waals surface area contributed by atoms with Gasteiger partial charge in [0.25, 0.3) is 5.91 Å². The molecular weight excluding hydrogens is 334 g/mol. The molecule has 2 aromatic rings. The molecule has 0 unspecified atom stereocenters. The topological polar surface area (TPSA) is 73.2 Å². The van der Waals surface area contributed by atoms with E-state index in [1.54, 1.807) is 11.8 Å².